The standard InChI is InChI=1S/C8H14O/c1-5(9)8-6-3-2-4-7(6)8/h5-9H,2-4H2,1H3. The Morgan fingerprint density at radius 1 is 1.33 bits per heavy atom. The molecule has 0 radical (unpaired) electrons. The van der Waals surface area contributed by atoms with Crippen molar-refractivity contribution in [1.82, 2.24) is 0 Å². The Morgan fingerprint density at radius 3 is 2.22 bits per heavy atom. The number of aliphatic hydroxyl groups excluding tert-OH is 1. The third-order valence-electron chi connectivity index (χ3n) is 3.03. The van der Waals surface area contributed by atoms with Crippen molar-refractivity contribution in [3.8, 4) is 0 Å². The van der Waals surface area contributed by atoms with Crippen LogP contribution in [0.3, 0.4) is 0 Å². The van der Waals surface area contributed by atoms with Gasteiger partial charge in [-0.2, -0.15) is 0 Å². The van der Waals surface area contributed by atoms with Gasteiger partial charge in [0.2, 0.25) is 0 Å². The molecule has 0 spiro atoms. The second-order valence-corrected chi connectivity index (χ2v) is 3.58. The van der Waals surface area contributed by atoms with Crippen LogP contribution < -0.4 is 0 Å². The van der Waals surface area contributed by atoms with Gasteiger partial charge in [0.1, 0.15) is 0 Å². The molecule has 0 heterocycles. The molecule has 2 saturated carbocycles. The summed E-state index contributed by atoms with van der Waals surface area (Å²) < 4.78 is 0. The van der Waals surface area contributed by atoms with Crippen molar-refractivity contribution in [2.75, 3.05) is 0 Å². The molecule has 2 rings (SSSR count). The SMILES string of the molecule is CC(O)C1C2CCCC21. The number of hydrogen-bond donors (Lipinski definition) is 1. The van der Waals surface area contributed by atoms with Crippen LogP contribution in [0.25, 0.3) is 0 Å². The third kappa shape index (κ3) is 0.710. The molecule has 0 aromatic heterocycles. The molecule has 0 bridgehead atoms. The summed E-state index contributed by atoms with van der Waals surface area (Å²) in [6.45, 7) is 1.93. The van der Waals surface area contributed by atoms with Gasteiger partial charge in [0.15, 0.2) is 0 Å². The molecule has 3 atom stereocenters. The minimum Gasteiger partial charge on any atom is -0.393 e. The molecule has 9 heavy (non-hydrogen) atoms. The molecule has 2 aliphatic carbocycles. The Labute approximate surface area is 56.1 Å². The second-order valence-electron chi connectivity index (χ2n) is 3.58. The van der Waals surface area contributed by atoms with Gasteiger partial charge in [-0.15, -0.1) is 0 Å². The van der Waals surface area contributed by atoms with E-state index in [-0.39, 0.29) is 6.10 Å². The van der Waals surface area contributed by atoms with Gasteiger partial charge in [-0.1, -0.05) is 6.42 Å². The minimum atomic E-state index is -0.0275. The van der Waals surface area contributed by atoms with E-state index in [4.69, 9.17) is 0 Å². The van der Waals surface area contributed by atoms with E-state index in [1.807, 2.05) is 6.92 Å². The predicted molar refractivity (Wildman–Crippen MR) is 36.0 cm³/mol. The fraction of sp³-hybridized carbons (Fsp3) is 1.00. The Kier molecular flexibility index (Phi) is 1.10. The van der Waals surface area contributed by atoms with Gasteiger partial charge in [0, 0.05) is 0 Å². The van der Waals surface area contributed by atoms with E-state index in [1.165, 1.54) is 19.3 Å². The highest BCUT2D eigenvalue weighted by Gasteiger charge is 2.54. The topological polar surface area (TPSA) is 20.2 Å². The van der Waals surface area contributed by atoms with E-state index in [9.17, 15) is 5.11 Å². The molecule has 52 valence electrons. The molecular formula is C8H14O. The molecule has 1 nitrogen and oxygen atoms in total. The highest BCUT2D eigenvalue weighted by Crippen LogP contribution is 2.58. The molecule has 0 aromatic carbocycles. The molecular weight excluding hydrogens is 112 g/mol. The third-order valence-corrected chi connectivity index (χ3v) is 3.03. The van der Waals surface area contributed by atoms with Crippen LogP contribution in [0, 0.1) is 17.8 Å². The maximum absolute atomic E-state index is 9.20. The molecule has 1 heteroatoms. The first-order chi connectivity index (χ1) is 4.30. The summed E-state index contributed by atoms with van der Waals surface area (Å²) in [6.07, 6.45) is 4.17. The molecule has 0 saturated heterocycles. The number of fused-ring (bicyclic) bond motifs is 1. The molecule has 1 N–H and O–H groups in total. The van der Waals surface area contributed by atoms with E-state index in [1.54, 1.807) is 0 Å². The highest BCUT2D eigenvalue weighted by atomic mass is 16.3. The Balaban J connectivity index is 1.94. The lowest BCUT2D eigenvalue weighted by molar-refractivity contribution is 0.154. The van der Waals surface area contributed by atoms with E-state index in [0.717, 1.165) is 11.8 Å². The minimum absolute atomic E-state index is 0.0275. The van der Waals surface area contributed by atoms with Crippen molar-refractivity contribution in [1.29, 1.82) is 0 Å². The van der Waals surface area contributed by atoms with Crippen LogP contribution >= 0.6 is 0 Å². The quantitative estimate of drug-likeness (QED) is 0.563. The van der Waals surface area contributed by atoms with Crippen molar-refractivity contribution in [2.24, 2.45) is 17.8 Å². The lowest BCUT2D eigenvalue weighted by atomic mass is 10.1. The number of aliphatic hydroxyl groups is 1. The average Bonchev–Trinajstić information content (AvgIpc) is 2.30. The molecule has 3 unspecified atom stereocenters. The zero-order valence-electron chi connectivity index (χ0n) is 5.88. The molecule has 0 aliphatic heterocycles. The van der Waals surface area contributed by atoms with Gasteiger partial charge in [-0.3, -0.25) is 0 Å². The summed E-state index contributed by atoms with van der Waals surface area (Å²) in [5.74, 6) is 2.54. The molecule has 2 fully saturated rings. The Hall–Kier alpha value is -0.0400. The molecule has 0 amide bonds. The first kappa shape index (κ1) is 5.72. The first-order valence-electron chi connectivity index (χ1n) is 3.99. The maximum Gasteiger partial charge on any atom is 0.0545 e. The van der Waals surface area contributed by atoms with Crippen LogP contribution in [-0.4, -0.2) is 11.2 Å². The van der Waals surface area contributed by atoms with Crippen molar-refractivity contribution >= 4 is 0 Å². The summed E-state index contributed by atoms with van der Waals surface area (Å²) in [7, 11) is 0. The van der Waals surface area contributed by atoms with Gasteiger partial charge in [0.05, 0.1) is 6.10 Å². The normalized spacial score (nSPS) is 50.7. The van der Waals surface area contributed by atoms with Gasteiger partial charge < -0.3 is 5.11 Å². The smallest absolute Gasteiger partial charge is 0.0545 e. The number of rotatable bonds is 1. The number of hydrogen-bond acceptors (Lipinski definition) is 1. The van der Waals surface area contributed by atoms with Gasteiger partial charge >= 0.3 is 0 Å². The van der Waals surface area contributed by atoms with Crippen molar-refractivity contribution in [3.05, 3.63) is 0 Å². The fourth-order valence-corrected chi connectivity index (χ4v) is 2.59. The van der Waals surface area contributed by atoms with Crippen molar-refractivity contribution in [3.63, 3.8) is 0 Å². The van der Waals surface area contributed by atoms with Crippen LogP contribution in [-0.2, 0) is 0 Å². The first-order valence-corrected chi connectivity index (χ1v) is 3.99. The Bertz CT molecular complexity index is 110. The van der Waals surface area contributed by atoms with Crippen molar-refractivity contribution < 1.29 is 5.11 Å². The second kappa shape index (κ2) is 1.72. The summed E-state index contributed by atoms with van der Waals surface area (Å²) in [5.41, 5.74) is 0. The molecule has 2 aliphatic rings. The van der Waals surface area contributed by atoms with Crippen molar-refractivity contribution in [2.45, 2.75) is 32.3 Å². The summed E-state index contributed by atoms with van der Waals surface area (Å²) >= 11 is 0. The average molecular weight is 126 g/mol. The fourth-order valence-electron chi connectivity index (χ4n) is 2.59. The van der Waals surface area contributed by atoms with E-state index < -0.39 is 0 Å². The van der Waals surface area contributed by atoms with E-state index in [0.29, 0.717) is 5.92 Å². The van der Waals surface area contributed by atoms with Gasteiger partial charge in [-0.25, -0.2) is 0 Å². The zero-order valence-corrected chi connectivity index (χ0v) is 5.88. The monoisotopic (exact) mass is 126 g/mol. The highest BCUT2D eigenvalue weighted by molar-refractivity contribution is 5.02. The predicted octanol–water partition coefficient (Wildman–Crippen LogP) is 1.41. The lowest BCUT2D eigenvalue weighted by Crippen LogP contribution is -2.06. The Morgan fingerprint density at radius 2 is 1.89 bits per heavy atom. The van der Waals surface area contributed by atoms with E-state index >= 15 is 0 Å². The van der Waals surface area contributed by atoms with Gasteiger partial charge in [-0.05, 0) is 37.5 Å². The van der Waals surface area contributed by atoms with E-state index in [2.05, 4.69) is 0 Å². The van der Waals surface area contributed by atoms with Crippen LogP contribution in [0.4, 0.5) is 0 Å². The van der Waals surface area contributed by atoms with Gasteiger partial charge in [0.25, 0.3) is 0 Å². The van der Waals surface area contributed by atoms with Crippen LogP contribution in [0.2, 0.25) is 0 Å². The summed E-state index contributed by atoms with van der Waals surface area (Å²) in [6, 6.07) is 0. The van der Waals surface area contributed by atoms with Crippen LogP contribution in [0.15, 0.2) is 0 Å². The summed E-state index contributed by atoms with van der Waals surface area (Å²) in [5, 5.41) is 9.20. The zero-order chi connectivity index (χ0) is 6.43. The maximum atomic E-state index is 9.20. The van der Waals surface area contributed by atoms with Crippen LogP contribution in [0.1, 0.15) is 26.2 Å². The van der Waals surface area contributed by atoms with Crippen LogP contribution in [0.5, 0.6) is 0 Å². The lowest BCUT2D eigenvalue weighted by Gasteiger charge is -2.04. The molecule has 0 aromatic rings. The largest absolute Gasteiger partial charge is 0.393 e. The summed E-state index contributed by atoms with van der Waals surface area (Å²) in [4.78, 5) is 0.